The van der Waals surface area contributed by atoms with Crippen LogP contribution >= 0.6 is 0 Å². The Hall–Kier alpha value is -4.42. The molecule has 6 heteroatoms. The van der Waals surface area contributed by atoms with E-state index in [1.807, 2.05) is 49.4 Å². The number of hydrogen-bond donors (Lipinski definition) is 1. The molecule has 1 aliphatic rings. The smallest absolute Gasteiger partial charge is 0.412 e. The van der Waals surface area contributed by atoms with Crippen molar-refractivity contribution in [3.8, 4) is 11.1 Å². The number of aryl methyl sites for hydroxylation is 1. The third-order valence-electron chi connectivity index (χ3n) is 8.88. The minimum Gasteiger partial charge on any atom is -0.466 e. The van der Waals surface area contributed by atoms with E-state index >= 15 is 0 Å². The van der Waals surface area contributed by atoms with E-state index in [1.165, 1.54) is 11.1 Å². The first-order valence-corrected chi connectivity index (χ1v) is 16.6. The van der Waals surface area contributed by atoms with Crippen molar-refractivity contribution in [1.82, 2.24) is 4.90 Å². The molecule has 0 unspecified atom stereocenters. The zero-order valence-corrected chi connectivity index (χ0v) is 27.1. The highest BCUT2D eigenvalue weighted by molar-refractivity contribution is 5.92. The minimum absolute atomic E-state index is 0.184. The van der Waals surface area contributed by atoms with E-state index in [4.69, 9.17) is 9.47 Å². The lowest BCUT2D eigenvalue weighted by Crippen LogP contribution is -2.44. The number of nitrogens with zero attached hydrogens (tertiary/aromatic N) is 1. The number of carbonyl (C=O) groups excluding carboxylic acids is 2. The van der Waals surface area contributed by atoms with Crippen molar-refractivity contribution in [3.63, 3.8) is 0 Å². The predicted molar refractivity (Wildman–Crippen MR) is 184 cm³/mol. The summed E-state index contributed by atoms with van der Waals surface area (Å²) in [6.45, 7) is 6.04. The van der Waals surface area contributed by atoms with Crippen LogP contribution < -0.4 is 5.32 Å². The molecule has 6 nitrogen and oxygen atoms in total. The number of ether oxygens (including phenoxy) is 2. The van der Waals surface area contributed by atoms with Gasteiger partial charge in [0.25, 0.3) is 0 Å². The molecular formula is C40H46N2O4. The molecule has 4 aromatic carbocycles. The van der Waals surface area contributed by atoms with E-state index in [2.05, 4.69) is 83.9 Å². The SMILES string of the molecule is CCOC(=O)CCCc1ccc(-c2ccccc2)c(NC(=O)O[C@]2(C)CC[C@@H](N(Cc3ccccc3)Cc3ccccc3)CC2)c1. The lowest BCUT2D eigenvalue weighted by Gasteiger charge is -2.41. The van der Waals surface area contributed by atoms with Crippen LogP contribution in [0.3, 0.4) is 0 Å². The minimum atomic E-state index is -0.546. The van der Waals surface area contributed by atoms with Crippen molar-refractivity contribution in [3.05, 3.63) is 126 Å². The molecule has 0 heterocycles. The van der Waals surface area contributed by atoms with Gasteiger partial charge in [0, 0.05) is 31.1 Å². The third kappa shape index (κ3) is 9.54. The average Bonchev–Trinajstić information content (AvgIpc) is 3.06. The normalized spacial score (nSPS) is 17.8. The first-order valence-electron chi connectivity index (χ1n) is 16.6. The summed E-state index contributed by atoms with van der Waals surface area (Å²) >= 11 is 0. The molecule has 0 radical (unpaired) electrons. The van der Waals surface area contributed by atoms with Crippen LogP contribution in [0.5, 0.6) is 0 Å². The van der Waals surface area contributed by atoms with Crippen molar-refractivity contribution >= 4 is 17.7 Å². The van der Waals surface area contributed by atoms with Crippen LogP contribution in [0.1, 0.15) is 69.1 Å². The Balaban J connectivity index is 1.23. The lowest BCUT2D eigenvalue weighted by molar-refractivity contribution is -0.143. The van der Waals surface area contributed by atoms with Crippen LogP contribution in [0.15, 0.2) is 109 Å². The fourth-order valence-corrected chi connectivity index (χ4v) is 6.38. The molecule has 5 rings (SSSR count). The standard InChI is InChI=1S/C40H46N2O4/c1-3-45-38(43)21-13-18-31-22-23-36(34-19-11-6-12-20-34)37(28-31)41-39(44)46-40(2)26-24-35(25-27-40)42(29-32-14-7-4-8-15-32)30-33-16-9-5-10-17-33/h4-12,14-17,19-20,22-23,28,35H,3,13,18,21,24-27,29-30H2,1-2H3,(H,41,44)/t35-,40-. The second-order valence-corrected chi connectivity index (χ2v) is 12.5. The molecule has 1 amide bonds. The van der Waals surface area contributed by atoms with Crippen molar-refractivity contribution in [2.45, 2.75) is 83.5 Å². The van der Waals surface area contributed by atoms with E-state index in [-0.39, 0.29) is 5.97 Å². The largest absolute Gasteiger partial charge is 0.466 e. The van der Waals surface area contributed by atoms with Gasteiger partial charge in [0.1, 0.15) is 5.60 Å². The lowest BCUT2D eigenvalue weighted by atomic mass is 9.82. The van der Waals surface area contributed by atoms with Crippen LogP contribution in [-0.2, 0) is 33.8 Å². The van der Waals surface area contributed by atoms with Crippen molar-refractivity contribution in [1.29, 1.82) is 0 Å². The summed E-state index contributed by atoms with van der Waals surface area (Å²) in [6.07, 6.45) is 4.81. The maximum atomic E-state index is 13.4. The molecule has 1 fully saturated rings. The monoisotopic (exact) mass is 618 g/mol. The van der Waals surface area contributed by atoms with Crippen LogP contribution in [-0.4, -0.2) is 35.2 Å². The van der Waals surface area contributed by atoms with Crippen molar-refractivity contribution in [2.75, 3.05) is 11.9 Å². The number of rotatable bonds is 13. The number of amides is 1. The van der Waals surface area contributed by atoms with Gasteiger partial charge >= 0.3 is 12.1 Å². The highest BCUT2D eigenvalue weighted by Gasteiger charge is 2.36. The summed E-state index contributed by atoms with van der Waals surface area (Å²) in [5.74, 6) is -0.184. The van der Waals surface area contributed by atoms with E-state index < -0.39 is 11.7 Å². The van der Waals surface area contributed by atoms with Crippen LogP contribution in [0.25, 0.3) is 11.1 Å². The van der Waals surface area contributed by atoms with Gasteiger partial charge < -0.3 is 9.47 Å². The first-order chi connectivity index (χ1) is 22.4. The molecule has 240 valence electrons. The first kappa shape index (κ1) is 33.0. The number of hydrogen-bond acceptors (Lipinski definition) is 5. The maximum absolute atomic E-state index is 13.4. The topological polar surface area (TPSA) is 67.9 Å². The molecule has 0 aliphatic heterocycles. The molecule has 0 spiro atoms. The fourth-order valence-electron chi connectivity index (χ4n) is 6.38. The number of anilines is 1. The quantitative estimate of drug-likeness (QED) is 0.151. The van der Waals surface area contributed by atoms with Gasteiger partial charge in [-0.15, -0.1) is 0 Å². The molecule has 1 saturated carbocycles. The van der Waals surface area contributed by atoms with Gasteiger partial charge in [-0.1, -0.05) is 103 Å². The number of esters is 1. The Morgan fingerprint density at radius 3 is 1.98 bits per heavy atom. The van der Waals surface area contributed by atoms with Gasteiger partial charge in [-0.2, -0.15) is 0 Å². The fraction of sp³-hybridized carbons (Fsp3) is 0.350. The summed E-state index contributed by atoms with van der Waals surface area (Å²) in [4.78, 5) is 27.8. The van der Waals surface area contributed by atoms with E-state index in [9.17, 15) is 9.59 Å². The van der Waals surface area contributed by atoms with Gasteiger partial charge in [0.15, 0.2) is 0 Å². The molecule has 1 aliphatic carbocycles. The third-order valence-corrected chi connectivity index (χ3v) is 8.88. The average molecular weight is 619 g/mol. The molecular weight excluding hydrogens is 572 g/mol. The van der Waals surface area contributed by atoms with E-state index in [0.29, 0.717) is 37.6 Å². The molecule has 0 atom stereocenters. The van der Waals surface area contributed by atoms with Crippen molar-refractivity contribution in [2.24, 2.45) is 0 Å². The molecule has 0 aromatic heterocycles. The van der Waals surface area contributed by atoms with Gasteiger partial charge in [-0.3, -0.25) is 15.0 Å². The zero-order valence-electron chi connectivity index (χ0n) is 27.1. The molecule has 0 bridgehead atoms. The Morgan fingerprint density at radius 1 is 0.804 bits per heavy atom. The second kappa shape index (κ2) is 16.2. The van der Waals surface area contributed by atoms with Crippen molar-refractivity contribution < 1.29 is 19.1 Å². The summed E-state index contributed by atoms with van der Waals surface area (Å²) in [5, 5.41) is 3.08. The summed E-state index contributed by atoms with van der Waals surface area (Å²) in [6, 6.07) is 37.8. The van der Waals surface area contributed by atoms with Crippen LogP contribution in [0.4, 0.5) is 10.5 Å². The van der Waals surface area contributed by atoms with Crippen LogP contribution in [0, 0.1) is 0 Å². The Labute approximate surface area is 273 Å². The second-order valence-electron chi connectivity index (χ2n) is 12.5. The van der Waals surface area contributed by atoms with Gasteiger partial charge in [0.05, 0.1) is 12.3 Å². The number of nitrogens with one attached hydrogen (secondary N) is 1. The highest BCUT2D eigenvalue weighted by atomic mass is 16.6. The highest BCUT2D eigenvalue weighted by Crippen LogP contribution is 2.36. The van der Waals surface area contributed by atoms with E-state index in [0.717, 1.165) is 55.5 Å². The van der Waals surface area contributed by atoms with Gasteiger partial charge in [-0.25, -0.2) is 4.79 Å². The maximum Gasteiger partial charge on any atom is 0.412 e. The van der Waals surface area contributed by atoms with Crippen LogP contribution in [0.2, 0.25) is 0 Å². The van der Waals surface area contributed by atoms with Gasteiger partial charge in [0.2, 0.25) is 0 Å². The summed E-state index contributed by atoms with van der Waals surface area (Å²) in [5.41, 5.74) is 5.76. The molecule has 0 saturated heterocycles. The Kier molecular flexibility index (Phi) is 11.6. The molecule has 4 aromatic rings. The Bertz CT molecular complexity index is 1490. The Morgan fingerprint density at radius 2 is 1.39 bits per heavy atom. The predicted octanol–water partition coefficient (Wildman–Crippen LogP) is 9.19. The summed E-state index contributed by atoms with van der Waals surface area (Å²) in [7, 11) is 0. The molecule has 46 heavy (non-hydrogen) atoms. The van der Waals surface area contributed by atoms with Gasteiger partial charge in [-0.05, 0) is 80.7 Å². The zero-order chi connectivity index (χ0) is 32.2. The number of benzene rings is 4. The number of carbonyl (C=O) groups is 2. The molecule has 1 N–H and O–H groups in total. The summed E-state index contributed by atoms with van der Waals surface area (Å²) < 4.78 is 11.3. The van der Waals surface area contributed by atoms with E-state index in [1.54, 1.807) is 0 Å².